The summed E-state index contributed by atoms with van der Waals surface area (Å²) in [5.41, 5.74) is -1.44. The molecule has 88 valence electrons. The van der Waals surface area contributed by atoms with Crippen molar-refractivity contribution >= 4 is 17.8 Å². The number of rotatable bonds is 5. The standard InChI is InChI=1S/C11H15NO4/c1-3-4-7-11(2,10(15)16)12-8(13)5-6-9(12)14/h5-6H,3-4,7H2,1-2H3,(H,15,16). The molecule has 1 N–H and O–H groups in total. The van der Waals surface area contributed by atoms with Gasteiger partial charge in [0.05, 0.1) is 0 Å². The highest BCUT2D eigenvalue weighted by molar-refractivity contribution is 6.15. The number of hydrogen-bond acceptors (Lipinski definition) is 3. The topological polar surface area (TPSA) is 74.7 Å². The smallest absolute Gasteiger partial charge is 0.329 e. The number of carboxylic acids is 1. The third-order valence-corrected chi connectivity index (χ3v) is 2.78. The molecule has 0 aromatic heterocycles. The van der Waals surface area contributed by atoms with Gasteiger partial charge in [-0.25, -0.2) is 4.79 Å². The van der Waals surface area contributed by atoms with Gasteiger partial charge in [-0.3, -0.25) is 14.5 Å². The van der Waals surface area contributed by atoms with Crippen LogP contribution in [-0.2, 0) is 14.4 Å². The van der Waals surface area contributed by atoms with Gasteiger partial charge < -0.3 is 5.11 Å². The number of imide groups is 1. The Hall–Kier alpha value is -1.65. The quantitative estimate of drug-likeness (QED) is 0.707. The van der Waals surface area contributed by atoms with Gasteiger partial charge in [-0.15, -0.1) is 0 Å². The molecule has 0 aromatic rings. The molecule has 0 saturated heterocycles. The van der Waals surface area contributed by atoms with Crippen LogP contribution in [-0.4, -0.2) is 33.3 Å². The number of carbonyl (C=O) groups excluding carboxylic acids is 2. The molecule has 5 nitrogen and oxygen atoms in total. The van der Waals surface area contributed by atoms with Crippen LogP contribution in [0.5, 0.6) is 0 Å². The van der Waals surface area contributed by atoms with E-state index in [2.05, 4.69) is 0 Å². The number of carbonyl (C=O) groups is 3. The third-order valence-electron chi connectivity index (χ3n) is 2.78. The van der Waals surface area contributed by atoms with Crippen molar-refractivity contribution in [1.29, 1.82) is 0 Å². The first-order valence-electron chi connectivity index (χ1n) is 5.23. The highest BCUT2D eigenvalue weighted by Crippen LogP contribution is 2.26. The fourth-order valence-corrected chi connectivity index (χ4v) is 1.72. The summed E-state index contributed by atoms with van der Waals surface area (Å²) in [5.74, 6) is -2.25. The molecule has 0 fully saturated rings. The number of aliphatic carboxylic acids is 1. The number of unbranched alkanes of at least 4 members (excludes halogenated alkanes) is 1. The minimum atomic E-state index is -1.44. The molecule has 1 aliphatic rings. The van der Waals surface area contributed by atoms with Crippen LogP contribution in [0.4, 0.5) is 0 Å². The lowest BCUT2D eigenvalue weighted by molar-refractivity contribution is -0.161. The van der Waals surface area contributed by atoms with E-state index in [1.807, 2.05) is 6.92 Å². The zero-order valence-corrected chi connectivity index (χ0v) is 9.40. The van der Waals surface area contributed by atoms with Crippen molar-refractivity contribution in [3.8, 4) is 0 Å². The first kappa shape index (κ1) is 12.4. The van der Waals surface area contributed by atoms with E-state index < -0.39 is 23.3 Å². The number of nitrogens with zero attached hydrogens (tertiary/aromatic N) is 1. The summed E-state index contributed by atoms with van der Waals surface area (Å²) in [6, 6.07) is 0. The van der Waals surface area contributed by atoms with E-state index in [1.165, 1.54) is 6.92 Å². The maximum atomic E-state index is 11.5. The van der Waals surface area contributed by atoms with E-state index in [4.69, 9.17) is 0 Å². The van der Waals surface area contributed by atoms with Crippen LogP contribution in [0, 0.1) is 0 Å². The van der Waals surface area contributed by atoms with Crippen LogP contribution in [0.2, 0.25) is 0 Å². The van der Waals surface area contributed by atoms with Crippen molar-refractivity contribution in [2.75, 3.05) is 0 Å². The van der Waals surface area contributed by atoms with Crippen molar-refractivity contribution in [2.24, 2.45) is 0 Å². The molecule has 1 rings (SSSR count). The van der Waals surface area contributed by atoms with Crippen LogP contribution < -0.4 is 0 Å². The van der Waals surface area contributed by atoms with E-state index in [0.717, 1.165) is 23.5 Å². The molecule has 2 amide bonds. The molecule has 1 heterocycles. The number of carboxylic acid groups (broad SMARTS) is 1. The summed E-state index contributed by atoms with van der Waals surface area (Å²) < 4.78 is 0. The van der Waals surface area contributed by atoms with E-state index in [9.17, 15) is 19.5 Å². The van der Waals surface area contributed by atoms with Crippen molar-refractivity contribution in [3.63, 3.8) is 0 Å². The molecular formula is C11H15NO4. The first-order valence-corrected chi connectivity index (χ1v) is 5.23. The Kier molecular flexibility index (Phi) is 3.47. The summed E-state index contributed by atoms with van der Waals surface area (Å²) in [6.45, 7) is 3.34. The second-order valence-corrected chi connectivity index (χ2v) is 4.03. The van der Waals surface area contributed by atoms with Crippen molar-refractivity contribution in [2.45, 2.75) is 38.6 Å². The molecular weight excluding hydrogens is 210 g/mol. The van der Waals surface area contributed by atoms with Crippen molar-refractivity contribution in [1.82, 2.24) is 4.90 Å². The fraction of sp³-hybridized carbons (Fsp3) is 0.545. The number of hydrogen-bond donors (Lipinski definition) is 1. The van der Waals surface area contributed by atoms with Gasteiger partial charge in [0, 0.05) is 12.2 Å². The van der Waals surface area contributed by atoms with E-state index in [1.54, 1.807) is 0 Å². The van der Waals surface area contributed by atoms with Gasteiger partial charge in [0.2, 0.25) is 0 Å². The molecule has 0 bridgehead atoms. The Balaban J connectivity index is 2.98. The third kappa shape index (κ3) is 1.98. The molecule has 5 heteroatoms. The maximum absolute atomic E-state index is 11.5. The Bertz CT molecular complexity index is 343. The molecule has 1 unspecified atom stereocenters. The van der Waals surface area contributed by atoms with Gasteiger partial charge in [0.1, 0.15) is 5.54 Å². The van der Waals surface area contributed by atoms with Gasteiger partial charge in [-0.1, -0.05) is 19.8 Å². The highest BCUT2D eigenvalue weighted by Gasteiger charge is 2.46. The highest BCUT2D eigenvalue weighted by atomic mass is 16.4. The zero-order valence-electron chi connectivity index (χ0n) is 9.40. The van der Waals surface area contributed by atoms with Gasteiger partial charge in [-0.2, -0.15) is 0 Å². The molecule has 1 atom stereocenters. The molecule has 0 aromatic carbocycles. The zero-order chi connectivity index (χ0) is 12.3. The molecule has 16 heavy (non-hydrogen) atoms. The Morgan fingerprint density at radius 3 is 2.25 bits per heavy atom. The lowest BCUT2D eigenvalue weighted by Gasteiger charge is -2.33. The molecule has 0 radical (unpaired) electrons. The molecule has 0 spiro atoms. The van der Waals surface area contributed by atoms with E-state index >= 15 is 0 Å². The minimum absolute atomic E-state index is 0.276. The summed E-state index contributed by atoms with van der Waals surface area (Å²) in [6.07, 6.45) is 3.95. The van der Waals surface area contributed by atoms with Crippen LogP contribution in [0.1, 0.15) is 33.1 Å². The average Bonchev–Trinajstić information content (AvgIpc) is 2.55. The van der Waals surface area contributed by atoms with Crippen LogP contribution >= 0.6 is 0 Å². The second kappa shape index (κ2) is 4.47. The second-order valence-electron chi connectivity index (χ2n) is 4.03. The van der Waals surface area contributed by atoms with Crippen molar-refractivity contribution in [3.05, 3.63) is 12.2 Å². The fourth-order valence-electron chi connectivity index (χ4n) is 1.72. The summed E-state index contributed by atoms with van der Waals surface area (Å²) in [5, 5.41) is 9.18. The Morgan fingerprint density at radius 1 is 1.38 bits per heavy atom. The SMILES string of the molecule is CCCCC(C)(C(=O)O)N1C(=O)C=CC1=O. The summed E-state index contributed by atoms with van der Waals surface area (Å²) >= 11 is 0. The lowest BCUT2D eigenvalue weighted by atomic mass is 9.93. The predicted molar refractivity (Wildman–Crippen MR) is 56.6 cm³/mol. The maximum Gasteiger partial charge on any atom is 0.329 e. The molecule has 0 aliphatic carbocycles. The van der Waals surface area contributed by atoms with E-state index in [-0.39, 0.29) is 6.42 Å². The van der Waals surface area contributed by atoms with Crippen molar-refractivity contribution < 1.29 is 19.5 Å². The largest absolute Gasteiger partial charge is 0.479 e. The Labute approximate surface area is 93.7 Å². The van der Waals surface area contributed by atoms with Crippen LogP contribution in [0.25, 0.3) is 0 Å². The first-order chi connectivity index (χ1) is 7.43. The molecule has 1 aliphatic heterocycles. The van der Waals surface area contributed by atoms with Crippen LogP contribution in [0.3, 0.4) is 0 Å². The lowest BCUT2D eigenvalue weighted by Crippen LogP contribution is -2.55. The summed E-state index contributed by atoms with van der Waals surface area (Å²) in [7, 11) is 0. The Morgan fingerprint density at radius 2 is 1.88 bits per heavy atom. The van der Waals surface area contributed by atoms with E-state index in [0.29, 0.717) is 6.42 Å². The van der Waals surface area contributed by atoms with Gasteiger partial charge in [0.25, 0.3) is 11.8 Å². The minimum Gasteiger partial charge on any atom is -0.479 e. The predicted octanol–water partition coefficient (Wildman–Crippen LogP) is 0.945. The average molecular weight is 225 g/mol. The van der Waals surface area contributed by atoms with Gasteiger partial charge >= 0.3 is 5.97 Å². The van der Waals surface area contributed by atoms with Gasteiger partial charge in [0.15, 0.2) is 0 Å². The summed E-state index contributed by atoms with van der Waals surface area (Å²) in [4.78, 5) is 35.0. The monoisotopic (exact) mass is 225 g/mol. The number of amides is 2. The normalized spacial score (nSPS) is 19.0. The van der Waals surface area contributed by atoms with Crippen LogP contribution in [0.15, 0.2) is 12.2 Å². The molecule has 0 saturated carbocycles. The van der Waals surface area contributed by atoms with Gasteiger partial charge in [-0.05, 0) is 13.3 Å².